The van der Waals surface area contributed by atoms with E-state index < -0.39 is 15.3 Å². The van der Waals surface area contributed by atoms with Gasteiger partial charge in [0.2, 0.25) is 10.0 Å². The van der Waals surface area contributed by atoms with Crippen LogP contribution in [0.3, 0.4) is 0 Å². The molecule has 0 amide bonds. The van der Waals surface area contributed by atoms with Gasteiger partial charge in [-0.3, -0.25) is 0 Å². The lowest BCUT2D eigenvalue weighted by molar-refractivity contribution is 0.207. The molecule has 1 aliphatic rings. The van der Waals surface area contributed by atoms with Crippen molar-refractivity contribution in [2.75, 3.05) is 20.1 Å². The van der Waals surface area contributed by atoms with Gasteiger partial charge in [0, 0.05) is 6.54 Å². The largest absolute Gasteiger partial charge is 0.306 e. The van der Waals surface area contributed by atoms with Crippen molar-refractivity contribution >= 4 is 10.0 Å². The van der Waals surface area contributed by atoms with Crippen LogP contribution in [0.2, 0.25) is 0 Å². The molecule has 1 rings (SSSR count). The number of hydrogen-bond acceptors (Lipinski definition) is 3. The average Bonchev–Trinajstić information content (AvgIpc) is 2.01. The standard InChI is InChI=1S/C8H18N2O2S/c1-7(13(9,11)12)8-4-3-5-10(2)6-8/h7-8H,3-6H2,1-2H3,(H2,9,11,12). The molecule has 5 heteroatoms. The van der Waals surface area contributed by atoms with Gasteiger partial charge in [-0.2, -0.15) is 0 Å². The van der Waals surface area contributed by atoms with Crippen LogP contribution in [0.25, 0.3) is 0 Å². The van der Waals surface area contributed by atoms with E-state index in [1.807, 2.05) is 7.05 Å². The molecule has 13 heavy (non-hydrogen) atoms. The van der Waals surface area contributed by atoms with Gasteiger partial charge in [0.15, 0.2) is 0 Å². The van der Waals surface area contributed by atoms with Crippen LogP contribution in [0, 0.1) is 5.92 Å². The SMILES string of the molecule is CC(C1CCCN(C)C1)S(N)(=O)=O. The van der Waals surface area contributed by atoms with Crippen LogP contribution in [0.1, 0.15) is 19.8 Å². The maximum atomic E-state index is 11.1. The number of rotatable bonds is 2. The van der Waals surface area contributed by atoms with E-state index in [4.69, 9.17) is 5.14 Å². The molecule has 0 aliphatic carbocycles. The van der Waals surface area contributed by atoms with Crippen molar-refractivity contribution in [3.05, 3.63) is 0 Å². The Balaban J connectivity index is 2.61. The summed E-state index contributed by atoms with van der Waals surface area (Å²) in [6, 6.07) is 0. The molecule has 78 valence electrons. The van der Waals surface area contributed by atoms with Gasteiger partial charge in [-0.05, 0) is 39.3 Å². The van der Waals surface area contributed by atoms with Crippen molar-refractivity contribution in [2.45, 2.75) is 25.0 Å². The minimum Gasteiger partial charge on any atom is -0.306 e. The number of nitrogens with zero attached hydrogens (tertiary/aromatic N) is 1. The van der Waals surface area contributed by atoms with Crippen LogP contribution in [0.15, 0.2) is 0 Å². The van der Waals surface area contributed by atoms with E-state index in [9.17, 15) is 8.42 Å². The fourth-order valence-electron chi connectivity index (χ4n) is 1.86. The predicted octanol–water partition coefficient (Wildman–Crippen LogP) is 0.00520. The Morgan fingerprint density at radius 3 is 2.62 bits per heavy atom. The summed E-state index contributed by atoms with van der Waals surface area (Å²) in [5.41, 5.74) is 0. The molecule has 0 saturated carbocycles. The Morgan fingerprint density at radius 1 is 1.54 bits per heavy atom. The number of piperidine rings is 1. The molecule has 1 fully saturated rings. The molecule has 1 aliphatic heterocycles. The molecule has 2 atom stereocenters. The first-order valence-corrected chi connectivity index (χ1v) is 6.22. The van der Waals surface area contributed by atoms with Crippen LogP contribution in [0.4, 0.5) is 0 Å². The lowest BCUT2D eigenvalue weighted by Crippen LogP contribution is -2.42. The van der Waals surface area contributed by atoms with Gasteiger partial charge in [-0.15, -0.1) is 0 Å². The third-order valence-corrected chi connectivity index (χ3v) is 4.26. The van der Waals surface area contributed by atoms with E-state index >= 15 is 0 Å². The van der Waals surface area contributed by atoms with E-state index in [1.54, 1.807) is 6.92 Å². The molecule has 0 radical (unpaired) electrons. The molecular weight excluding hydrogens is 188 g/mol. The number of likely N-dealkylation sites (tertiary alicyclic amines) is 1. The molecular formula is C8H18N2O2S. The summed E-state index contributed by atoms with van der Waals surface area (Å²) >= 11 is 0. The van der Waals surface area contributed by atoms with Crippen molar-refractivity contribution in [2.24, 2.45) is 11.1 Å². The lowest BCUT2D eigenvalue weighted by atomic mass is 9.96. The topological polar surface area (TPSA) is 63.4 Å². The first-order chi connectivity index (χ1) is 5.91. The zero-order valence-corrected chi connectivity index (χ0v) is 9.05. The van der Waals surface area contributed by atoms with Crippen LogP contribution in [0.5, 0.6) is 0 Å². The van der Waals surface area contributed by atoms with E-state index in [-0.39, 0.29) is 5.92 Å². The monoisotopic (exact) mass is 206 g/mol. The zero-order chi connectivity index (χ0) is 10.1. The van der Waals surface area contributed by atoms with E-state index in [2.05, 4.69) is 4.90 Å². The Labute approximate surface area is 80.1 Å². The highest BCUT2D eigenvalue weighted by atomic mass is 32.2. The van der Waals surface area contributed by atoms with Gasteiger partial charge < -0.3 is 4.90 Å². The quantitative estimate of drug-likeness (QED) is 0.692. The second-order valence-electron chi connectivity index (χ2n) is 3.96. The van der Waals surface area contributed by atoms with Crippen molar-refractivity contribution in [3.8, 4) is 0 Å². The molecule has 2 N–H and O–H groups in total. The Morgan fingerprint density at radius 2 is 2.15 bits per heavy atom. The highest BCUT2D eigenvalue weighted by Crippen LogP contribution is 2.21. The zero-order valence-electron chi connectivity index (χ0n) is 8.23. The van der Waals surface area contributed by atoms with Crippen molar-refractivity contribution in [1.29, 1.82) is 0 Å². The second-order valence-corrected chi connectivity index (χ2v) is 5.88. The van der Waals surface area contributed by atoms with Gasteiger partial charge in [0.25, 0.3) is 0 Å². The number of primary sulfonamides is 1. The van der Waals surface area contributed by atoms with Gasteiger partial charge in [0.1, 0.15) is 0 Å². The number of hydrogen-bond donors (Lipinski definition) is 1. The Kier molecular flexibility index (Phi) is 3.32. The minimum atomic E-state index is -3.35. The van der Waals surface area contributed by atoms with Gasteiger partial charge in [-0.1, -0.05) is 0 Å². The summed E-state index contributed by atoms with van der Waals surface area (Å²) in [4.78, 5) is 2.16. The van der Waals surface area contributed by atoms with Crippen LogP contribution in [-0.2, 0) is 10.0 Å². The summed E-state index contributed by atoms with van der Waals surface area (Å²) in [6.45, 7) is 3.62. The van der Waals surface area contributed by atoms with Gasteiger partial charge in [0.05, 0.1) is 5.25 Å². The molecule has 2 unspecified atom stereocenters. The highest BCUT2D eigenvalue weighted by molar-refractivity contribution is 7.89. The van der Waals surface area contributed by atoms with E-state index in [0.717, 1.165) is 25.9 Å². The van der Waals surface area contributed by atoms with Crippen LogP contribution >= 0.6 is 0 Å². The summed E-state index contributed by atoms with van der Waals surface area (Å²) < 4.78 is 22.2. The van der Waals surface area contributed by atoms with E-state index in [1.165, 1.54) is 0 Å². The fourth-order valence-corrected chi connectivity index (χ4v) is 2.62. The summed E-state index contributed by atoms with van der Waals surface area (Å²) in [5, 5.41) is 4.70. The molecule has 0 bridgehead atoms. The smallest absolute Gasteiger partial charge is 0.212 e. The van der Waals surface area contributed by atoms with Gasteiger partial charge >= 0.3 is 0 Å². The highest BCUT2D eigenvalue weighted by Gasteiger charge is 2.29. The summed E-state index contributed by atoms with van der Waals surface area (Å²) in [7, 11) is -1.34. The Bertz CT molecular complexity index is 263. The molecule has 0 aromatic rings. The number of sulfonamides is 1. The summed E-state index contributed by atoms with van der Waals surface area (Å²) in [5.74, 6) is 0.203. The molecule has 1 heterocycles. The van der Waals surface area contributed by atoms with Crippen molar-refractivity contribution < 1.29 is 8.42 Å². The number of nitrogens with two attached hydrogens (primary N) is 1. The first kappa shape index (κ1) is 10.9. The minimum absolute atomic E-state index is 0.203. The average molecular weight is 206 g/mol. The molecule has 0 aromatic heterocycles. The Hall–Kier alpha value is -0.130. The maximum absolute atomic E-state index is 11.1. The van der Waals surface area contributed by atoms with E-state index in [0.29, 0.717) is 0 Å². The first-order valence-electron chi connectivity index (χ1n) is 4.61. The third-order valence-electron chi connectivity index (χ3n) is 2.84. The molecule has 0 aromatic carbocycles. The summed E-state index contributed by atoms with van der Waals surface area (Å²) in [6.07, 6.45) is 2.04. The van der Waals surface area contributed by atoms with Crippen molar-refractivity contribution in [3.63, 3.8) is 0 Å². The van der Waals surface area contributed by atoms with Crippen LogP contribution in [-0.4, -0.2) is 38.7 Å². The van der Waals surface area contributed by atoms with Gasteiger partial charge in [-0.25, -0.2) is 13.6 Å². The van der Waals surface area contributed by atoms with Crippen molar-refractivity contribution in [1.82, 2.24) is 4.90 Å². The molecule has 1 saturated heterocycles. The second kappa shape index (κ2) is 3.94. The fraction of sp³-hybridized carbons (Fsp3) is 1.00. The molecule has 0 spiro atoms. The maximum Gasteiger partial charge on any atom is 0.212 e. The predicted molar refractivity (Wildman–Crippen MR) is 52.8 cm³/mol. The lowest BCUT2D eigenvalue weighted by Gasteiger charge is -2.32. The normalized spacial score (nSPS) is 28.7. The molecule has 4 nitrogen and oxygen atoms in total. The third kappa shape index (κ3) is 2.93. The van der Waals surface area contributed by atoms with Crippen LogP contribution < -0.4 is 5.14 Å².